The molecule has 2 rings (SSSR count). The van der Waals surface area contributed by atoms with Gasteiger partial charge < -0.3 is 4.98 Å². The van der Waals surface area contributed by atoms with Crippen LogP contribution in [-0.4, -0.2) is 13.4 Å². The molecule has 1 aromatic heterocycles. The number of aryl methyl sites for hydroxylation is 1. The van der Waals surface area contributed by atoms with Crippen LogP contribution >= 0.6 is 10.7 Å². The maximum absolute atomic E-state index is 11.3. The Morgan fingerprint density at radius 3 is 2.73 bits per heavy atom. The standard InChI is InChI=1S/C10H10ClNO2S/c1-2-7-6-8-9(12-7)4-3-5-10(8)15(11,13)14/h3-6,12H,2H2,1H3. The Morgan fingerprint density at radius 2 is 2.13 bits per heavy atom. The molecule has 0 amide bonds. The first-order chi connectivity index (χ1) is 7.02. The average Bonchev–Trinajstić information content (AvgIpc) is 2.57. The normalized spacial score (nSPS) is 12.1. The number of H-pyrrole nitrogens is 1. The van der Waals surface area contributed by atoms with Crippen LogP contribution in [0.2, 0.25) is 0 Å². The SMILES string of the molecule is CCc1cc2c(S(=O)(=O)Cl)cccc2[nH]1. The van der Waals surface area contributed by atoms with Crippen molar-refractivity contribution < 1.29 is 8.42 Å². The van der Waals surface area contributed by atoms with Gasteiger partial charge in [-0.05, 0) is 24.6 Å². The minimum atomic E-state index is -3.67. The van der Waals surface area contributed by atoms with Gasteiger partial charge in [0.25, 0.3) is 9.05 Å². The van der Waals surface area contributed by atoms with Crippen LogP contribution in [0.1, 0.15) is 12.6 Å². The van der Waals surface area contributed by atoms with Gasteiger partial charge in [0.05, 0.1) is 4.90 Å². The third kappa shape index (κ3) is 1.87. The number of nitrogens with one attached hydrogen (secondary N) is 1. The van der Waals surface area contributed by atoms with Crippen LogP contribution in [-0.2, 0) is 15.5 Å². The highest BCUT2D eigenvalue weighted by molar-refractivity contribution is 8.14. The van der Waals surface area contributed by atoms with Gasteiger partial charge in [-0.25, -0.2) is 8.42 Å². The lowest BCUT2D eigenvalue weighted by atomic mass is 10.2. The Labute approximate surface area is 92.5 Å². The van der Waals surface area contributed by atoms with Crippen molar-refractivity contribution in [3.8, 4) is 0 Å². The van der Waals surface area contributed by atoms with Crippen LogP contribution in [0.3, 0.4) is 0 Å². The fourth-order valence-corrected chi connectivity index (χ4v) is 2.66. The van der Waals surface area contributed by atoms with Crippen LogP contribution in [0.15, 0.2) is 29.2 Å². The summed E-state index contributed by atoms with van der Waals surface area (Å²) in [7, 11) is 1.68. The highest BCUT2D eigenvalue weighted by Gasteiger charge is 2.14. The van der Waals surface area contributed by atoms with Crippen molar-refractivity contribution in [1.29, 1.82) is 0 Å². The molecule has 0 unspecified atom stereocenters. The molecule has 0 spiro atoms. The zero-order valence-corrected chi connectivity index (χ0v) is 9.69. The number of rotatable bonds is 2. The molecule has 15 heavy (non-hydrogen) atoms. The molecule has 1 N–H and O–H groups in total. The van der Waals surface area contributed by atoms with E-state index in [4.69, 9.17) is 10.7 Å². The molecule has 0 aliphatic heterocycles. The molecule has 5 heteroatoms. The van der Waals surface area contributed by atoms with Crippen molar-refractivity contribution >= 4 is 30.6 Å². The van der Waals surface area contributed by atoms with Gasteiger partial charge in [-0.2, -0.15) is 0 Å². The molecule has 0 aliphatic rings. The number of hydrogen-bond donors (Lipinski definition) is 1. The Kier molecular flexibility index (Phi) is 2.48. The summed E-state index contributed by atoms with van der Waals surface area (Å²) in [5.74, 6) is 0. The molecular formula is C10H10ClNO2S. The first-order valence-corrected chi connectivity index (χ1v) is 6.88. The maximum Gasteiger partial charge on any atom is 0.261 e. The summed E-state index contributed by atoms with van der Waals surface area (Å²) < 4.78 is 22.6. The Balaban J connectivity index is 2.81. The number of hydrogen-bond acceptors (Lipinski definition) is 2. The second-order valence-corrected chi connectivity index (χ2v) is 5.84. The zero-order valence-electron chi connectivity index (χ0n) is 8.12. The number of benzene rings is 1. The quantitative estimate of drug-likeness (QED) is 0.825. The van der Waals surface area contributed by atoms with Gasteiger partial charge in [0, 0.05) is 27.3 Å². The molecule has 0 saturated carbocycles. The first-order valence-electron chi connectivity index (χ1n) is 4.57. The van der Waals surface area contributed by atoms with Gasteiger partial charge in [0.15, 0.2) is 0 Å². The van der Waals surface area contributed by atoms with Gasteiger partial charge in [0.2, 0.25) is 0 Å². The molecule has 0 radical (unpaired) electrons. The van der Waals surface area contributed by atoms with Gasteiger partial charge >= 0.3 is 0 Å². The lowest BCUT2D eigenvalue weighted by Crippen LogP contribution is -1.90. The van der Waals surface area contributed by atoms with E-state index in [0.29, 0.717) is 5.39 Å². The second kappa shape index (κ2) is 3.54. The summed E-state index contributed by atoms with van der Waals surface area (Å²) in [6, 6.07) is 6.84. The van der Waals surface area contributed by atoms with Crippen molar-refractivity contribution in [2.75, 3.05) is 0 Å². The molecule has 0 bridgehead atoms. The molecule has 3 nitrogen and oxygen atoms in total. The molecule has 0 atom stereocenters. The topological polar surface area (TPSA) is 49.9 Å². The van der Waals surface area contributed by atoms with Crippen molar-refractivity contribution in [3.63, 3.8) is 0 Å². The molecule has 2 aromatic rings. The smallest absolute Gasteiger partial charge is 0.261 e. The largest absolute Gasteiger partial charge is 0.358 e. The predicted octanol–water partition coefficient (Wildman–Crippen LogP) is 2.66. The molecule has 0 fully saturated rings. The number of aromatic amines is 1. The molecular weight excluding hydrogens is 234 g/mol. The van der Waals surface area contributed by atoms with Crippen LogP contribution in [0.5, 0.6) is 0 Å². The van der Waals surface area contributed by atoms with Gasteiger partial charge in [-0.3, -0.25) is 0 Å². The highest BCUT2D eigenvalue weighted by atomic mass is 35.7. The van der Waals surface area contributed by atoms with E-state index in [0.717, 1.165) is 17.6 Å². The van der Waals surface area contributed by atoms with Gasteiger partial charge in [-0.15, -0.1) is 0 Å². The fourth-order valence-electron chi connectivity index (χ4n) is 1.59. The van der Waals surface area contributed by atoms with Crippen molar-refractivity contribution in [3.05, 3.63) is 30.0 Å². The summed E-state index contributed by atoms with van der Waals surface area (Å²) in [5.41, 5.74) is 1.80. The molecule has 0 saturated heterocycles. The van der Waals surface area contributed by atoms with Gasteiger partial charge in [-0.1, -0.05) is 13.0 Å². The van der Waals surface area contributed by atoms with E-state index in [9.17, 15) is 8.42 Å². The minimum absolute atomic E-state index is 0.164. The Morgan fingerprint density at radius 1 is 1.40 bits per heavy atom. The summed E-state index contributed by atoms with van der Waals surface area (Å²) in [5, 5.41) is 0.657. The van der Waals surface area contributed by atoms with E-state index in [1.165, 1.54) is 6.07 Å². The second-order valence-electron chi connectivity index (χ2n) is 3.30. The summed E-state index contributed by atoms with van der Waals surface area (Å²) >= 11 is 0. The van der Waals surface area contributed by atoms with Crippen LogP contribution in [0, 0.1) is 0 Å². The highest BCUT2D eigenvalue weighted by Crippen LogP contribution is 2.26. The van der Waals surface area contributed by atoms with E-state index < -0.39 is 9.05 Å². The minimum Gasteiger partial charge on any atom is -0.358 e. The lowest BCUT2D eigenvalue weighted by molar-refractivity contribution is 0.610. The fraction of sp³-hybridized carbons (Fsp3) is 0.200. The Hall–Kier alpha value is -1.00. The third-order valence-electron chi connectivity index (χ3n) is 2.32. The monoisotopic (exact) mass is 243 g/mol. The molecule has 1 aromatic carbocycles. The predicted molar refractivity (Wildman–Crippen MR) is 60.7 cm³/mol. The first kappa shape index (κ1) is 10.5. The summed E-state index contributed by atoms with van der Waals surface area (Å²) in [6.45, 7) is 2.00. The molecule has 80 valence electrons. The Bertz CT molecular complexity index is 601. The van der Waals surface area contributed by atoms with E-state index in [2.05, 4.69) is 4.98 Å². The van der Waals surface area contributed by atoms with Gasteiger partial charge in [0.1, 0.15) is 0 Å². The van der Waals surface area contributed by atoms with Crippen molar-refractivity contribution in [2.24, 2.45) is 0 Å². The summed E-state index contributed by atoms with van der Waals surface area (Å²) in [4.78, 5) is 3.30. The third-order valence-corrected chi connectivity index (χ3v) is 3.70. The number of fused-ring (bicyclic) bond motifs is 1. The number of aromatic nitrogens is 1. The van der Waals surface area contributed by atoms with E-state index in [1.807, 2.05) is 19.1 Å². The van der Waals surface area contributed by atoms with Crippen LogP contribution in [0.25, 0.3) is 10.9 Å². The molecule has 1 heterocycles. The molecule has 0 aliphatic carbocycles. The van der Waals surface area contributed by atoms with Crippen molar-refractivity contribution in [1.82, 2.24) is 4.98 Å². The van der Waals surface area contributed by atoms with Crippen molar-refractivity contribution in [2.45, 2.75) is 18.2 Å². The van der Waals surface area contributed by atoms with E-state index in [1.54, 1.807) is 6.07 Å². The van der Waals surface area contributed by atoms with E-state index in [-0.39, 0.29) is 4.90 Å². The zero-order chi connectivity index (χ0) is 11.1. The number of halogens is 1. The summed E-state index contributed by atoms with van der Waals surface area (Å²) in [6.07, 6.45) is 0.830. The van der Waals surface area contributed by atoms with Crippen LogP contribution in [0.4, 0.5) is 0 Å². The van der Waals surface area contributed by atoms with E-state index >= 15 is 0 Å². The lowest BCUT2D eigenvalue weighted by Gasteiger charge is -1.96. The average molecular weight is 244 g/mol. The van der Waals surface area contributed by atoms with Crippen LogP contribution < -0.4 is 0 Å². The maximum atomic E-state index is 11.3.